The Morgan fingerprint density at radius 2 is 1.88 bits per heavy atom. The normalized spacial score (nSPS) is 11.3. The molecule has 4 nitrogen and oxygen atoms in total. The van der Waals surface area contributed by atoms with Gasteiger partial charge in [-0.2, -0.15) is 0 Å². The van der Waals surface area contributed by atoms with E-state index in [-0.39, 0.29) is 0 Å². The minimum absolute atomic E-state index is 0.714. The van der Waals surface area contributed by atoms with Crippen LogP contribution in [0.25, 0.3) is 10.9 Å². The number of nitrogens with one attached hydrogen (secondary N) is 2. The Labute approximate surface area is 160 Å². The van der Waals surface area contributed by atoms with Crippen molar-refractivity contribution in [2.24, 2.45) is 0 Å². The summed E-state index contributed by atoms with van der Waals surface area (Å²) >= 11 is 1.68. The number of H-pyrrole nitrogens is 1. The number of rotatable bonds is 10. The molecule has 0 aliphatic heterocycles. The molecule has 0 saturated heterocycles. The number of aromatic amines is 1. The molecule has 138 valence electrons. The van der Waals surface area contributed by atoms with Crippen molar-refractivity contribution >= 4 is 22.9 Å². The van der Waals surface area contributed by atoms with Crippen molar-refractivity contribution in [3.63, 3.8) is 0 Å². The second-order valence-corrected chi connectivity index (χ2v) is 7.55. The number of hydrogen-bond donors (Lipinski definition) is 2. The topological polar surface area (TPSA) is 40.3 Å². The van der Waals surface area contributed by atoms with Crippen molar-refractivity contribution in [1.29, 1.82) is 0 Å². The number of hydrogen-bond acceptors (Lipinski definition) is 4. The zero-order chi connectivity index (χ0) is 18.2. The maximum atomic E-state index is 5.72. The molecule has 0 amide bonds. The maximum Gasteiger partial charge on any atom is 0.119 e. The minimum Gasteiger partial charge on any atom is -0.492 e. The third-order valence-corrected chi connectivity index (χ3v) is 5.08. The number of aromatic nitrogens is 1. The highest BCUT2D eigenvalue weighted by Crippen LogP contribution is 2.20. The zero-order valence-corrected chi connectivity index (χ0v) is 16.3. The van der Waals surface area contributed by atoms with E-state index in [0.717, 1.165) is 31.7 Å². The number of fused-ring (bicyclic) bond motifs is 1. The first-order chi connectivity index (χ1) is 12.7. The number of nitrogens with zero attached hydrogens (tertiary/aromatic N) is 1. The quantitative estimate of drug-likeness (QED) is 0.412. The lowest BCUT2D eigenvalue weighted by molar-refractivity contribution is 0.261. The Hall–Kier alpha value is -1.95. The van der Waals surface area contributed by atoms with Crippen molar-refractivity contribution < 1.29 is 4.74 Å². The summed E-state index contributed by atoms with van der Waals surface area (Å²) in [4.78, 5) is 6.66. The summed E-state index contributed by atoms with van der Waals surface area (Å²) in [6, 6.07) is 16.7. The van der Waals surface area contributed by atoms with Gasteiger partial charge in [0.1, 0.15) is 12.4 Å². The lowest BCUT2D eigenvalue weighted by Gasteiger charge is -2.11. The van der Waals surface area contributed by atoms with Crippen molar-refractivity contribution in [2.75, 3.05) is 33.8 Å². The second kappa shape index (κ2) is 9.67. The Balaban J connectivity index is 1.36. The van der Waals surface area contributed by atoms with Crippen LogP contribution in [0.2, 0.25) is 0 Å². The van der Waals surface area contributed by atoms with Gasteiger partial charge in [-0.25, -0.2) is 0 Å². The zero-order valence-electron chi connectivity index (χ0n) is 15.5. The molecule has 0 aliphatic rings. The molecule has 5 heteroatoms. The first-order valence-electron chi connectivity index (χ1n) is 9.04. The first-order valence-corrected chi connectivity index (χ1v) is 9.86. The van der Waals surface area contributed by atoms with Crippen molar-refractivity contribution in [3.8, 4) is 5.75 Å². The van der Waals surface area contributed by atoms with Crippen LogP contribution in [-0.4, -0.2) is 43.7 Å². The van der Waals surface area contributed by atoms with Gasteiger partial charge in [-0.05, 0) is 74.8 Å². The van der Waals surface area contributed by atoms with Crippen LogP contribution in [0.15, 0.2) is 59.6 Å². The highest BCUT2D eigenvalue weighted by atomic mass is 32.2. The number of para-hydroxylation sites is 1. The van der Waals surface area contributed by atoms with Gasteiger partial charge in [0.15, 0.2) is 0 Å². The van der Waals surface area contributed by atoms with Gasteiger partial charge in [-0.15, -0.1) is 0 Å². The number of aryl methyl sites for hydroxylation is 1. The second-order valence-electron chi connectivity index (χ2n) is 6.58. The van der Waals surface area contributed by atoms with E-state index in [9.17, 15) is 0 Å². The van der Waals surface area contributed by atoms with Gasteiger partial charge in [0.25, 0.3) is 0 Å². The Morgan fingerprint density at radius 1 is 1.08 bits per heavy atom. The lowest BCUT2D eigenvalue weighted by Crippen LogP contribution is -2.19. The van der Waals surface area contributed by atoms with Crippen molar-refractivity contribution in [3.05, 3.63) is 60.3 Å². The molecule has 26 heavy (non-hydrogen) atoms. The molecule has 0 aliphatic carbocycles. The molecule has 0 bridgehead atoms. The van der Waals surface area contributed by atoms with Gasteiger partial charge < -0.3 is 14.6 Å². The van der Waals surface area contributed by atoms with Gasteiger partial charge in [-0.1, -0.05) is 18.2 Å². The van der Waals surface area contributed by atoms with Crippen LogP contribution < -0.4 is 9.46 Å². The number of likely N-dealkylation sites (N-methyl/N-ethyl adjacent to an activating group) is 1. The Morgan fingerprint density at radius 3 is 2.69 bits per heavy atom. The van der Waals surface area contributed by atoms with Crippen LogP contribution in [0.1, 0.15) is 12.0 Å². The van der Waals surface area contributed by atoms with Crippen LogP contribution in [-0.2, 0) is 6.42 Å². The summed E-state index contributed by atoms with van der Waals surface area (Å²) in [6.45, 7) is 2.62. The lowest BCUT2D eigenvalue weighted by atomic mass is 10.1. The summed E-state index contributed by atoms with van der Waals surface area (Å²) in [5, 5.41) is 1.34. The average molecular weight is 370 g/mol. The van der Waals surface area contributed by atoms with E-state index in [2.05, 4.69) is 57.2 Å². The van der Waals surface area contributed by atoms with E-state index in [1.54, 1.807) is 11.9 Å². The molecule has 0 radical (unpaired) electrons. The van der Waals surface area contributed by atoms with Gasteiger partial charge in [0, 0.05) is 35.1 Å². The summed E-state index contributed by atoms with van der Waals surface area (Å²) in [6.07, 6.45) is 4.32. The molecule has 2 N–H and O–H groups in total. The number of ether oxygens (including phenoxy) is 1. The van der Waals surface area contributed by atoms with Gasteiger partial charge in [-0.3, -0.25) is 4.72 Å². The fourth-order valence-corrected chi connectivity index (χ4v) is 3.46. The average Bonchev–Trinajstić information content (AvgIpc) is 3.06. The Kier molecular flexibility index (Phi) is 7.00. The third kappa shape index (κ3) is 5.53. The van der Waals surface area contributed by atoms with Crippen LogP contribution in [0, 0.1) is 0 Å². The monoisotopic (exact) mass is 369 g/mol. The van der Waals surface area contributed by atoms with Gasteiger partial charge in [0.2, 0.25) is 0 Å². The maximum absolute atomic E-state index is 5.72. The highest BCUT2D eigenvalue weighted by Gasteiger charge is 2.02. The first kappa shape index (κ1) is 18.8. The molecule has 0 fully saturated rings. The molecule has 0 atom stereocenters. The van der Waals surface area contributed by atoms with Crippen molar-refractivity contribution in [1.82, 2.24) is 14.6 Å². The molecule has 0 saturated carbocycles. The molecular formula is C21H27N3OS. The van der Waals surface area contributed by atoms with E-state index >= 15 is 0 Å². The summed E-state index contributed by atoms with van der Waals surface area (Å²) in [5.74, 6) is 0.926. The van der Waals surface area contributed by atoms with Crippen LogP contribution >= 0.6 is 11.9 Å². The Bertz CT molecular complexity index is 798. The molecule has 1 heterocycles. The summed E-state index contributed by atoms with van der Waals surface area (Å²) < 4.78 is 9.17. The number of benzene rings is 2. The van der Waals surface area contributed by atoms with Gasteiger partial charge >= 0.3 is 0 Å². The summed E-state index contributed by atoms with van der Waals surface area (Å²) in [7, 11) is 4.10. The molecule has 3 aromatic rings. The molecule has 1 aromatic heterocycles. The fraction of sp³-hybridized carbons (Fsp3) is 0.333. The van der Waals surface area contributed by atoms with E-state index in [4.69, 9.17) is 4.74 Å². The van der Waals surface area contributed by atoms with Crippen LogP contribution in [0.5, 0.6) is 5.75 Å². The predicted molar refractivity (Wildman–Crippen MR) is 111 cm³/mol. The molecule has 0 unspecified atom stereocenters. The highest BCUT2D eigenvalue weighted by molar-refractivity contribution is 7.97. The standard InChI is InChI=1S/C21H27N3OS/c1-24(2)14-15-25-18-9-11-19(12-10-18)26-23-13-5-6-17-16-22-21-8-4-3-7-20(17)21/h3-4,7-12,16,22-23H,5-6,13-15H2,1-2H3. The minimum atomic E-state index is 0.714. The van der Waals surface area contributed by atoms with Crippen molar-refractivity contribution in [2.45, 2.75) is 17.7 Å². The molecule has 0 spiro atoms. The van der Waals surface area contributed by atoms with Gasteiger partial charge in [0.05, 0.1) is 0 Å². The molecule has 3 rings (SSSR count). The smallest absolute Gasteiger partial charge is 0.119 e. The van der Waals surface area contributed by atoms with E-state index < -0.39 is 0 Å². The van der Waals surface area contributed by atoms with E-state index in [0.29, 0.717) is 6.61 Å². The summed E-state index contributed by atoms with van der Waals surface area (Å²) in [5.41, 5.74) is 2.62. The van der Waals surface area contributed by atoms with E-state index in [1.165, 1.54) is 21.4 Å². The largest absolute Gasteiger partial charge is 0.492 e. The SMILES string of the molecule is CN(C)CCOc1ccc(SNCCCc2c[nH]c3ccccc23)cc1. The predicted octanol–water partition coefficient (Wildman–Crippen LogP) is 4.34. The van der Waals surface area contributed by atoms with E-state index in [1.807, 2.05) is 26.2 Å². The third-order valence-electron chi connectivity index (χ3n) is 4.22. The van der Waals surface area contributed by atoms with Crippen LogP contribution in [0.4, 0.5) is 0 Å². The molecule has 2 aromatic carbocycles. The van der Waals surface area contributed by atoms with Crippen LogP contribution in [0.3, 0.4) is 0 Å². The molecular weight excluding hydrogens is 342 g/mol. The fourth-order valence-electron chi connectivity index (χ4n) is 2.77.